The Balaban J connectivity index is 1.55. The molecule has 0 fully saturated rings. The van der Waals surface area contributed by atoms with Crippen molar-refractivity contribution >= 4 is 23.5 Å². The van der Waals surface area contributed by atoms with Crippen LogP contribution >= 0.6 is 11.3 Å². The summed E-state index contributed by atoms with van der Waals surface area (Å²) >= 11 is 0.942. The third-order valence-electron chi connectivity index (χ3n) is 3.38. The van der Waals surface area contributed by atoms with Gasteiger partial charge in [0.15, 0.2) is 17.6 Å². The Morgan fingerprint density at radius 2 is 2.08 bits per heavy atom. The number of thiophene rings is 1. The number of aromatic nitrogens is 2. The van der Waals surface area contributed by atoms with Gasteiger partial charge in [-0.3, -0.25) is 4.79 Å². The van der Waals surface area contributed by atoms with Crippen molar-refractivity contribution in [2.45, 2.75) is 20.6 Å². The molecule has 0 saturated heterocycles. The van der Waals surface area contributed by atoms with Crippen LogP contribution < -0.4 is 10.2 Å². The second kappa shape index (κ2) is 7.92. The molecule has 0 radical (unpaired) electrons. The summed E-state index contributed by atoms with van der Waals surface area (Å²) in [6.07, 6.45) is 3.03. The average molecular weight is 372 g/mol. The zero-order valence-electron chi connectivity index (χ0n) is 14.3. The molecule has 1 N–H and O–H groups in total. The van der Waals surface area contributed by atoms with Gasteiger partial charge < -0.3 is 4.74 Å². The number of hydrazone groups is 1. The van der Waals surface area contributed by atoms with E-state index in [0.29, 0.717) is 4.88 Å². The quantitative estimate of drug-likeness (QED) is 0.532. The van der Waals surface area contributed by atoms with Crippen molar-refractivity contribution in [1.29, 1.82) is 0 Å². The maximum Gasteiger partial charge on any atom is 0.291 e. The van der Waals surface area contributed by atoms with Crippen molar-refractivity contribution in [2.24, 2.45) is 5.10 Å². The highest BCUT2D eigenvalue weighted by Crippen LogP contribution is 2.16. The van der Waals surface area contributed by atoms with Crippen molar-refractivity contribution in [3.63, 3.8) is 0 Å². The molecule has 3 rings (SSSR count). The van der Waals surface area contributed by atoms with Crippen LogP contribution in [0.1, 0.15) is 26.5 Å². The maximum atomic E-state index is 12.9. The van der Waals surface area contributed by atoms with Gasteiger partial charge >= 0.3 is 0 Å². The number of ether oxygens (including phenoxy) is 1. The predicted octanol–water partition coefficient (Wildman–Crippen LogP) is 3.50. The van der Waals surface area contributed by atoms with E-state index < -0.39 is 5.91 Å². The summed E-state index contributed by atoms with van der Waals surface area (Å²) in [5.74, 6) is 0.292. The lowest BCUT2D eigenvalue weighted by molar-refractivity contribution is 0.0948. The number of benzene rings is 1. The van der Waals surface area contributed by atoms with Gasteiger partial charge in [0.05, 0.1) is 11.1 Å². The van der Waals surface area contributed by atoms with Crippen molar-refractivity contribution in [2.75, 3.05) is 0 Å². The number of rotatable bonds is 6. The van der Waals surface area contributed by atoms with E-state index in [1.165, 1.54) is 17.0 Å². The van der Waals surface area contributed by atoms with Gasteiger partial charge in [0.1, 0.15) is 5.75 Å². The van der Waals surface area contributed by atoms with Crippen molar-refractivity contribution in [1.82, 2.24) is 15.2 Å². The third kappa shape index (κ3) is 4.76. The van der Waals surface area contributed by atoms with Crippen LogP contribution in [0.5, 0.6) is 5.75 Å². The SMILES string of the molecule is Cc1cc(C)cc(OCn2ccc(C(=O)N/N=C/c3ccc(F)s3)n2)c1. The fourth-order valence-corrected chi connectivity index (χ4v) is 2.92. The molecule has 8 heteroatoms. The first kappa shape index (κ1) is 17.8. The van der Waals surface area contributed by atoms with Gasteiger partial charge in [0, 0.05) is 6.20 Å². The van der Waals surface area contributed by atoms with Gasteiger partial charge in [-0.25, -0.2) is 10.1 Å². The molecule has 2 aromatic heterocycles. The number of halogens is 1. The second-order valence-corrected chi connectivity index (χ2v) is 6.74. The molecule has 0 atom stereocenters. The number of nitrogens with one attached hydrogen (secondary N) is 1. The van der Waals surface area contributed by atoms with Gasteiger partial charge in [-0.15, -0.1) is 11.3 Å². The number of nitrogens with zero attached hydrogens (tertiary/aromatic N) is 3. The summed E-state index contributed by atoms with van der Waals surface area (Å²) in [6, 6.07) is 10.4. The highest BCUT2D eigenvalue weighted by molar-refractivity contribution is 7.12. The summed E-state index contributed by atoms with van der Waals surface area (Å²) < 4.78 is 20.1. The highest BCUT2D eigenvalue weighted by atomic mass is 32.1. The van der Waals surface area contributed by atoms with Crippen LogP contribution in [0.2, 0.25) is 0 Å². The molecule has 0 bridgehead atoms. The van der Waals surface area contributed by atoms with Crippen LogP contribution in [-0.4, -0.2) is 21.9 Å². The third-order valence-corrected chi connectivity index (χ3v) is 4.19. The van der Waals surface area contributed by atoms with E-state index >= 15 is 0 Å². The molecule has 2 heterocycles. The Labute approximate surface area is 153 Å². The fraction of sp³-hybridized carbons (Fsp3) is 0.167. The molecule has 0 saturated carbocycles. The summed E-state index contributed by atoms with van der Waals surface area (Å²) in [5, 5.41) is 7.64. The second-order valence-electron chi connectivity index (χ2n) is 5.68. The normalized spacial score (nSPS) is 11.0. The van der Waals surface area contributed by atoms with Crippen LogP contribution in [-0.2, 0) is 6.73 Å². The molecule has 0 spiro atoms. The first-order valence-electron chi connectivity index (χ1n) is 7.83. The molecule has 3 aromatic rings. The van der Waals surface area contributed by atoms with E-state index in [2.05, 4.69) is 21.7 Å². The van der Waals surface area contributed by atoms with Gasteiger partial charge in [-0.1, -0.05) is 6.07 Å². The van der Waals surface area contributed by atoms with Gasteiger partial charge in [-0.2, -0.15) is 14.6 Å². The number of carbonyl (C=O) groups is 1. The zero-order valence-corrected chi connectivity index (χ0v) is 15.1. The zero-order chi connectivity index (χ0) is 18.5. The molecule has 6 nitrogen and oxygen atoms in total. The van der Waals surface area contributed by atoms with E-state index in [4.69, 9.17) is 4.74 Å². The summed E-state index contributed by atoms with van der Waals surface area (Å²) in [7, 11) is 0. The average Bonchev–Trinajstić information content (AvgIpc) is 3.21. The van der Waals surface area contributed by atoms with Gasteiger partial charge in [-0.05, 0) is 55.3 Å². The lowest BCUT2D eigenvalue weighted by atomic mass is 10.1. The van der Waals surface area contributed by atoms with Crippen molar-refractivity contribution < 1.29 is 13.9 Å². The minimum absolute atomic E-state index is 0.188. The maximum absolute atomic E-state index is 12.9. The molecule has 134 valence electrons. The largest absolute Gasteiger partial charge is 0.471 e. The summed E-state index contributed by atoms with van der Waals surface area (Å²) in [6.45, 7) is 4.19. The van der Waals surface area contributed by atoms with Gasteiger partial charge in [0.25, 0.3) is 5.91 Å². The van der Waals surface area contributed by atoms with Gasteiger partial charge in [0.2, 0.25) is 0 Å². The predicted molar refractivity (Wildman–Crippen MR) is 98.1 cm³/mol. The highest BCUT2D eigenvalue weighted by Gasteiger charge is 2.09. The van der Waals surface area contributed by atoms with E-state index in [1.54, 1.807) is 18.3 Å². The van der Waals surface area contributed by atoms with Crippen LogP contribution in [0.4, 0.5) is 4.39 Å². The molecular weight excluding hydrogens is 355 g/mol. The van der Waals surface area contributed by atoms with Crippen LogP contribution in [0.3, 0.4) is 0 Å². The molecule has 26 heavy (non-hydrogen) atoms. The van der Waals surface area contributed by atoms with Crippen LogP contribution in [0, 0.1) is 19.0 Å². The smallest absolute Gasteiger partial charge is 0.291 e. The molecular formula is C18H17FN4O2S. The minimum Gasteiger partial charge on any atom is -0.471 e. The Hall–Kier alpha value is -3.00. The summed E-state index contributed by atoms with van der Waals surface area (Å²) in [4.78, 5) is 12.6. The molecule has 0 unspecified atom stereocenters. The van der Waals surface area contributed by atoms with E-state index in [0.717, 1.165) is 28.2 Å². The summed E-state index contributed by atoms with van der Waals surface area (Å²) in [5.41, 5.74) is 4.80. The number of hydrogen-bond donors (Lipinski definition) is 1. The lowest BCUT2D eigenvalue weighted by Crippen LogP contribution is -2.19. The Kier molecular flexibility index (Phi) is 5.43. The fourth-order valence-electron chi connectivity index (χ4n) is 2.32. The van der Waals surface area contributed by atoms with Crippen molar-refractivity contribution in [3.05, 3.63) is 69.4 Å². The molecule has 1 aromatic carbocycles. The topological polar surface area (TPSA) is 68.5 Å². The minimum atomic E-state index is -0.455. The molecule has 1 amide bonds. The standard InChI is InChI=1S/C18H17FN4O2S/c1-12-7-13(2)9-14(8-12)25-11-23-6-5-16(22-23)18(24)21-20-10-15-3-4-17(19)26-15/h3-10H,11H2,1-2H3,(H,21,24)/b20-10+. The Bertz CT molecular complexity index is 928. The first-order chi connectivity index (χ1) is 12.5. The monoisotopic (exact) mass is 372 g/mol. The van der Waals surface area contributed by atoms with E-state index in [9.17, 15) is 9.18 Å². The van der Waals surface area contributed by atoms with Crippen LogP contribution in [0.15, 0.2) is 47.7 Å². The number of hydrogen-bond acceptors (Lipinski definition) is 5. The number of amides is 1. The van der Waals surface area contributed by atoms with Crippen LogP contribution in [0.25, 0.3) is 0 Å². The van der Waals surface area contributed by atoms with E-state index in [-0.39, 0.29) is 17.6 Å². The molecule has 0 aliphatic rings. The van der Waals surface area contributed by atoms with Crippen molar-refractivity contribution in [3.8, 4) is 5.75 Å². The lowest BCUT2D eigenvalue weighted by Gasteiger charge is -2.08. The first-order valence-corrected chi connectivity index (χ1v) is 8.64. The molecule has 0 aliphatic heterocycles. The molecule has 0 aliphatic carbocycles. The number of carbonyl (C=O) groups excluding carboxylic acids is 1. The number of aryl methyl sites for hydroxylation is 2. The Morgan fingerprint density at radius 3 is 2.77 bits per heavy atom. The van der Waals surface area contributed by atoms with E-state index in [1.807, 2.05) is 26.0 Å². The Morgan fingerprint density at radius 1 is 1.31 bits per heavy atom.